The third-order valence-electron chi connectivity index (χ3n) is 4.63. The van der Waals surface area contributed by atoms with Crippen LogP contribution in [0.25, 0.3) is 5.65 Å². The summed E-state index contributed by atoms with van der Waals surface area (Å²) in [7, 11) is 0. The maximum absolute atomic E-state index is 13.7. The van der Waals surface area contributed by atoms with E-state index in [0.717, 1.165) is 32.8 Å². The highest BCUT2D eigenvalue weighted by molar-refractivity contribution is 5.94. The minimum Gasteiger partial charge on any atom is -0.348 e. The smallest absolute Gasteiger partial charge is 0.348 e. The van der Waals surface area contributed by atoms with Gasteiger partial charge in [0.15, 0.2) is 5.65 Å². The number of hydrogen-bond acceptors (Lipinski definition) is 4. The predicted molar refractivity (Wildman–Crippen MR) is 112 cm³/mol. The van der Waals surface area contributed by atoms with E-state index in [1.54, 1.807) is 0 Å². The van der Waals surface area contributed by atoms with Crippen molar-refractivity contribution in [3.63, 3.8) is 0 Å². The Hall–Kier alpha value is -4.34. The first-order valence-corrected chi connectivity index (χ1v) is 9.57. The first-order chi connectivity index (χ1) is 15.4. The van der Waals surface area contributed by atoms with Gasteiger partial charge in [-0.2, -0.15) is 0 Å². The Morgan fingerprint density at radius 3 is 2.56 bits per heavy atom. The van der Waals surface area contributed by atoms with Gasteiger partial charge in [0.2, 0.25) is 5.91 Å². The molecule has 0 bridgehead atoms. The summed E-state index contributed by atoms with van der Waals surface area (Å²) in [4.78, 5) is 37.2. The average Bonchev–Trinajstić information content (AvgIpc) is 3.09. The van der Waals surface area contributed by atoms with Crippen molar-refractivity contribution in [1.82, 2.24) is 19.5 Å². The zero-order chi connectivity index (χ0) is 22.7. The summed E-state index contributed by atoms with van der Waals surface area (Å²) in [5.41, 5.74) is 0.380. The Labute approximate surface area is 180 Å². The van der Waals surface area contributed by atoms with Gasteiger partial charge in [0.1, 0.15) is 18.2 Å². The number of fused-ring (bicyclic) bond motifs is 1. The summed E-state index contributed by atoms with van der Waals surface area (Å²) in [6.07, 6.45) is 1.33. The third-order valence-corrected chi connectivity index (χ3v) is 4.63. The molecule has 2 aromatic heterocycles. The van der Waals surface area contributed by atoms with Gasteiger partial charge in [-0.05, 0) is 29.8 Å². The number of rotatable bonds is 6. The summed E-state index contributed by atoms with van der Waals surface area (Å²) in [6.45, 7) is -0.200. The van der Waals surface area contributed by atoms with Crippen LogP contribution in [0.2, 0.25) is 0 Å². The number of carbonyl (C=O) groups excluding carboxylic acids is 2. The molecule has 0 spiro atoms. The van der Waals surface area contributed by atoms with Crippen LogP contribution in [0.4, 0.5) is 14.5 Å². The molecular weight excluding hydrogens is 420 g/mol. The topological polar surface area (TPSA) is 97.5 Å². The lowest BCUT2D eigenvalue weighted by Crippen LogP contribution is -2.29. The fourth-order valence-electron chi connectivity index (χ4n) is 3.06. The molecule has 0 saturated heterocycles. The van der Waals surface area contributed by atoms with E-state index in [0.29, 0.717) is 6.54 Å². The van der Waals surface area contributed by atoms with Crippen molar-refractivity contribution >= 4 is 23.1 Å². The van der Waals surface area contributed by atoms with Crippen molar-refractivity contribution in [3.8, 4) is 0 Å². The van der Waals surface area contributed by atoms with Crippen LogP contribution in [0.15, 0.2) is 71.7 Å². The van der Waals surface area contributed by atoms with E-state index in [-0.39, 0.29) is 22.8 Å². The molecule has 0 saturated carbocycles. The van der Waals surface area contributed by atoms with Crippen molar-refractivity contribution in [2.75, 3.05) is 5.32 Å². The molecule has 162 valence electrons. The number of halogens is 2. The Morgan fingerprint density at radius 1 is 1.00 bits per heavy atom. The minimum atomic E-state index is -0.812. The number of amides is 2. The molecule has 0 fully saturated rings. The SMILES string of the molecule is O=C(Cn1nc2ccc(C(=O)NCc3ccccc3)cn2c1=O)Nc1cc(F)ccc1F. The predicted octanol–water partition coefficient (Wildman–Crippen LogP) is 2.34. The Bertz CT molecular complexity index is 1370. The van der Waals surface area contributed by atoms with Gasteiger partial charge in [-0.25, -0.2) is 22.7 Å². The van der Waals surface area contributed by atoms with E-state index in [9.17, 15) is 23.2 Å². The molecule has 0 aliphatic rings. The maximum atomic E-state index is 13.7. The summed E-state index contributed by atoms with van der Waals surface area (Å²) < 4.78 is 29.0. The standard InChI is InChI=1S/C22H17F2N5O3/c23-16-7-8-17(24)18(10-16)26-20(30)13-29-22(32)28-12-15(6-9-19(28)27-29)21(31)25-11-14-4-2-1-3-5-14/h1-10,12H,11,13H2,(H,25,31)(H,26,30). The lowest BCUT2D eigenvalue weighted by atomic mass is 10.2. The quantitative estimate of drug-likeness (QED) is 0.484. The number of carbonyl (C=O) groups is 2. The van der Waals surface area contributed by atoms with Gasteiger partial charge < -0.3 is 10.6 Å². The van der Waals surface area contributed by atoms with Crippen LogP contribution < -0.4 is 16.3 Å². The Balaban J connectivity index is 1.49. The molecule has 32 heavy (non-hydrogen) atoms. The van der Waals surface area contributed by atoms with Crippen molar-refractivity contribution in [1.29, 1.82) is 0 Å². The number of nitrogens with one attached hydrogen (secondary N) is 2. The Kier molecular flexibility index (Phi) is 5.75. The van der Waals surface area contributed by atoms with Gasteiger partial charge in [-0.3, -0.25) is 9.59 Å². The lowest BCUT2D eigenvalue weighted by Gasteiger charge is -2.06. The molecule has 2 aromatic carbocycles. The third kappa shape index (κ3) is 4.53. The monoisotopic (exact) mass is 437 g/mol. The molecule has 0 unspecified atom stereocenters. The van der Waals surface area contributed by atoms with Crippen LogP contribution in [-0.4, -0.2) is 26.0 Å². The molecule has 0 atom stereocenters. The highest BCUT2D eigenvalue weighted by atomic mass is 19.1. The number of benzene rings is 2. The van der Waals surface area contributed by atoms with Crippen LogP contribution in [0.3, 0.4) is 0 Å². The molecule has 10 heteroatoms. The number of pyridine rings is 1. The maximum Gasteiger partial charge on any atom is 0.350 e. The van der Waals surface area contributed by atoms with Crippen molar-refractivity contribution < 1.29 is 18.4 Å². The molecule has 0 aliphatic carbocycles. The van der Waals surface area contributed by atoms with Crippen LogP contribution in [0.1, 0.15) is 15.9 Å². The van der Waals surface area contributed by atoms with E-state index in [4.69, 9.17) is 0 Å². The number of aromatic nitrogens is 3. The van der Waals surface area contributed by atoms with E-state index in [2.05, 4.69) is 15.7 Å². The molecular formula is C22H17F2N5O3. The Morgan fingerprint density at radius 2 is 1.78 bits per heavy atom. The first kappa shape index (κ1) is 20.9. The molecule has 2 amide bonds. The normalized spacial score (nSPS) is 10.8. The van der Waals surface area contributed by atoms with Gasteiger partial charge in [-0.15, -0.1) is 5.10 Å². The summed E-state index contributed by atoms with van der Waals surface area (Å²) >= 11 is 0. The highest BCUT2D eigenvalue weighted by Gasteiger charge is 2.15. The van der Waals surface area contributed by atoms with Gasteiger partial charge in [-0.1, -0.05) is 30.3 Å². The molecule has 4 aromatic rings. The van der Waals surface area contributed by atoms with Crippen molar-refractivity contribution in [2.24, 2.45) is 0 Å². The average molecular weight is 437 g/mol. The molecule has 0 radical (unpaired) electrons. The minimum absolute atomic E-state index is 0.222. The molecule has 2 heterocycles. The largest absolute Gasteiger partial charge is 0.350 e. The second-order valence-corrected chi connectivity index (χ2v) is 6.93. The molecule has 4 rings (SSSR count). The molecule has 2 N–H and O–H groups in total. The zero-order valence-electron chi connectivity index (χ0n) is 16.6. The summed E-state index contributed by atoms with van der Waals surface area (Å²) in [5.74, 6) is -2.67. The van der Waals surface area contributed by atoms with Crippen LogP contribution in [0, 0.1) is 11.6 Å². The number of nitrogens with zero attached hydrogens (tertiary/aromatic N) is 3. The highest BCUT2D eigenvalue weighted by Crippen LogP contribution is 2.15. The van der Waals surface area contributed by atoms with E-state index >= 15 is 0 Å². The van der Waals surface area contributed by atoms with Gasteiger partial charge in [0.25, 0.3) is 5.91 Å². The second-order valence-electron chi connectivity index (χ2n) is 6.93. The van der Waals surface area contributed by atoms with Gasteiger partial charge in [0, 0.05) is 18.8 Å². The number of hydrogen-bond donors (Lipinski definition) is 2. The van der Waals surface area contributed by atoms with Gasteiger partial charge in [0.05, 0.1) is 11.3 Å². The van der Waals surface area contributed by atoms with E-state index in [1.807, 2.05) is 30.3 Å². The van der Waals surface area contributed by atoms with E-state index in [1.165, 1.54) is 18.3 Å². The van der Waals surface area contributed by atoms with Crippen molar-refractivity contribution in [2.45, 2.75) is 13.1 Å². The summed E-state index contributed by atoms with van der Waals surface area (Å²) in [5, 5.41) is 9.00. The molecule has 8 nitrogen and oxygen atoms in total. The fraction of sp³-hybridized carbons (Fsp3) is 0.0909. The van der Waals surface area contributed by atoms with Crippen molar-refractivity contribution in [3.05, 3.63) is 100 Å². The number of anilines is 1. The van der Waals surface area contributed by atoms with Crippen LogP contribution in [0.5, 0.6) is 0 Å². The first-order valence-electron chi connectivity index (χ1n) is 9.57. The van der Waals surface area contributed by atoms with Crippen LogP contribution in [-0.2, 0) is 17.9 Å². The van der Waals surface area contributed by atoms with Crippen LogP contribution >= 0.6 is 0 Å². The summed E-state index contributed by atoms with van der Waals surface area (Å²) in [6, 6.07) is 15.0. The molecule has 0 aliphatic heterocycles. The zero-order valence-corrected chi connectivity index (χ0v) is 16.6. The van der Waals surface area contributed by atoms with E-state index < -0.39 is 29.8 Å². The lowest BCUT2D eigenvalue weighted by molar-refractivity contribution is -0.117. The fourth-order valence-corrected chi connectivity index (χ4v) is 3.06. The second kappa shape index (κ2) is 8.80. The van der Waals surface area contributed by atoms with Gasteiger partial charge >= 0.3 is 5.69 Å².